The van der Waals surface area contributed by atoms with E-state index in [0.29, 0.717) is 5.82 Å². The van der Waals surface area contributed by atoms with Crippen LogP contribution in [0.15, 0.2) is 36.7 Å². The molecule has 82 valence electrons. The van der Waals surface area contributed by atoms with E-state index >= 15 is 0 Å². The molecule has 0 unspecified atom stereocenters. The number of aryl methyl sites for hydroxylation is 3. The maximum atomic E-state index is 12.2. The van der Waals surface area contributed by atoms with Gasteiger partial charge in [0.1, 0.15) is 12.4 Å². The molecule has 0 N–H and O–H groups in total. The summed E-state index contributed by atoms with van der Waals surface area (Å²) in [7, 11) is 3.75. The van der Waals surface area contributed by atoms with E-state index < -0.39 is 0 Å². The first kappa shape index (κ1) is 10.6. The summed E-state index contributed by atoms with van der Waals surface area (Å²) < 4.78 is 3.67. The first-order valence-corrected chi connectivity index (χ1v) is 5.22. The Morgan fingerprint density at radius 3 is 2.38 bits per heavy atom. The van der Waals surface area contributed by atoms with Gasteiger partial charge < -0.3 is 0 Å². The maximum Gasteiger partial charge on any atom is 0.330 e. The van der Waals surface area contributed by atoms with Crippen LogP contribution >= 0.6 is 0 Å². The second kappa shape index (κ2) is 3.93. The van der Waals surface area contributed by atoms with Gasteiger partial charge in [-0.15, -0.1) is 0 Å². The number of hydrogen-bond acceptors (Lipinski definition) is 1. The first-order valence-electron chi connectivity index (χ1n) is 5.22. The Balaban J connectivity index is 2.43. The third-order valence-electron chi connectivity index (χ3n) is 2.70. The van der Waals surface area contributed by atoms with E-state index in [1.807, 2.05) is 66.8 Å². The van der Waals surface area contributed by atoms with Crippen molar-refractivity contribution >= 4 is 5.78 Å². The van der Waals surface area contributed by atoms with Crippen LogP contribution in [0.2, 0.25) is 0 Å². The highest BCUT2D eigenvalue weighted by atomic mass is 16.1. The van der Waals surface area contributed by atoms with Crippen molar-refractivity contribution in [1.29, 1.82) is 0 Å². The van der Waals surface area contributed by atoms with Crippen molar-refractivity contribution in [3.8, 4) is 0 Å². The van der Waals surface area contributed by atoms with Gasteiger partial charge in [-0.3, -0.25) is 4.79 Å². The smallest absolute Gasteiger partial charge is 0.280 e. The highest BCUT2D eigenvalue weighted by Crippen LogP contribution is 2.07. The first-order chi connectivity index (χ1) is 7.59. The highest BCUT2D eigenvalue weighted by molar-refractivity contribution is 6.05. The van der Waals surface area contributed by atoms with Crippen molar-refractivity contribution in [3.63, 3.8) is 0 Å². The molecule has 0 saturated heterocycles. The van der Waals surface area contributed by atoms with Crippen molar-refractivity contribution in [3.05, 3.63) is 53.6 Å². The molecule has 0 fully saturated rings. The number of benzene rings is 1. The molecular weight excluding hydrogens is 200 g/mol. The van der Waals surface area contributed by atoms with Gasteiger partial charge in [-0.2, -0.15) is 0 Å². The van der Waals surface area contributed by atoms with Crippen molar-refractivity contribution in [2.75, 3.05) is 0 Å². The van der Waals surface area contributed by atoms with Crippen molar-refractivity contribution in [2.24, 2.45) is 14.1 Å². The normalized spacial score (nSPS) is 10.4. The van der Waals surface area contributed by atoms with Crippen LogP contribution in [0.25, 0.3) is 0 Å². The molecule has 0 amide bonds. The summed E-state index contributed by atoms with van der Waals surface area (Å²) in [6.07, 6.45) is 3.75. The molecule has 3 heteroatoms. The second-order valence-electron chi connectivity index (χ2n) is 4.04. The molecule has 2 rings (SSSR count). The number of ketones is 1. The Bertz CT molecular complexity index is 504. The van der Waals surface area contributed by atoms with Crippen LogP contribution in [0.3, 0.4) is 0 Å². The van der Waals surface area contributed by atoms with Crippen LogP contribution < -0.4 is 4.57 Å². The van der Waals surface area contributed by atoms with Gasteiger partial charge in [0, 0.05) is 5.56 Å². The average Bonchev–Trinajstić information content (AvgIpc) is 2.59. The molecule has 0 bridgehead atoms. The standard InChI is InChI=1S/C13H15N2O/c1-10-4-6-11(7-5-10)12(16)13-14(2)8-9-15(13)3/h4-9H,1-3H3/q+1. The molecule has 3 nitrogen and oxygen atoms in total. The zero-order valence-electron chi connectivity index (χ0n) is 9.77. The van der Waals surface area contributed by atoms with Gasteiger partial charge in [-0.1, -0.05) is 29.8 Å². The van der Waals surface area contributed by atoms with Crippen LogP contribution in [0.4, 0.5) is 0 Å². The molecule has 16 heavy (non-hydrogen) atoms. The molecule has 0 atom stereocenters. The van der Waals surface area contributed by atoms with E-state index in [2.05, 4.69) is 0 Å². The molecule has 0 radical (unpaired) electrons. The average molecular weight is 215 g/mol. The lowest BCUT2D eigenvalue weighted by molar-refractivity contribution is -0.672. The number of carbonyl (C=O) groups is 1. The third-order valence-corrected chi connectivity index (χ3v) is 2.70. The quantitative estimate of drug-likeness (QED) is 0.549. The fourth-order valence-corrected chi connectivity index (χ4v) is 1.74. The molecule has 2 aromatic rings. The molecule has 0 aliphatic carbocycles. The number of aromatic nitrogens is 2. The Hall–Kier alpha value is -1.90. The highest BCUT2D eigenvalue weighted by Gasteiger charge is 2.22. The molecule has 0 saturated carbocycles. The Morgan fingerprint density at radius 1 is 1.25 bits per heavy atom. The predicted octanol–water partition coefficient (Wildman–Crippen LogP) is 1.39. The van der Waals surface area contributed by atoms with E-state index in [1.165, 1.54) is 0 Å². The fourth-order valence-electron chi connectivity index (χ4n) is 1.74. The molecule has 0 aliphatic rings. The minimum atomic E-state index is 0.0509. The minimum Gasteiger partial charge on any atom is -0.280 e. The van der Waals surface area contributed by atoms with E-state index in [0.717, 1.165) is 11.1 Å². The van der Waals surface area contributed by atoms with Gasteiger partial charge in [-0.25, -0.2) is 9.13 Å². The Morgan fingerprint density at radius 2 is 1.88 bits per heavy atom. The monoisotopic (exact) mass is 215 g/mol. The zero-order valence-corrected chi connectivity index (χ0v) is 9.77. The van der Waals surface area contributed by atoms with Gasteiger partial charge >= 0.3 is 5.82 Å². The van der Waals surface area contributed by atoms with Gasteiger partial charge in [-0.05, 0) is 6.92 Å². The molecule has 1 aromatic heterocycles. The van der Waals surface area contributed by atoms with E-state index in [1.54, 1.807) is 0 Å². The topological polar surface area (TPSA) is 25.9 Å². The molecule has 1 heterocycles. The van der Waals surface area contributed by atoms with Gasteiger partial charge in [0.25, 0.3) is 5.78 Å². The largest absolute Gasteiger partial charge is 0.330 e. The summed E-state index contributed by atoms with van der Waals surface area (Å²) in [6.45, 7) is 2.01. The SMILES string of the molecule is Cc1ccc(C(=O)c2n(C)cc[n+]2C)cc1. The molecular formula is C13H15N2O+. The van der Waals surface area contributed by atoms with Gasteiger partial charge in [0.2, 0.25) is 0 Å². The maximum absolute atomic E-state index is 12.2. The lowest BCUT2D eigenvalue weighted by Gasteiger charge is -1.99. The number of hydrogen-bond donors (Lipinski definition) is 0. The lowest BCUT2D eigenvalue weighted by atomic mass is 10.1. The lowest BCUT2D eigenvalue weighted by Crippen LogP contribution is -2.35. The van der Waals surface area contributed by atoms with Gasteiger partial charge in [0.15, 0.2) is 0 Å². The Labute approximate surface area is 95.0 Å². The fraction of sp³-hybridized carbons (Fsp3) is 0.231. The Kier molecular flexibility index (Phi) is 2.60. The summed E-state index contributed by atoms with van der Waals surface area (Å²) in [5.41, 5.74) is 1.89. The molecule has 0 spiro atoms. The zero-order chi connectivity index (χ0) is 11.7. The van der Waals surface area contributed by atoms with E-state index in [9.17, 15) is 4.79 Å². The van der Waals surface area contributed by atoms with Crippen LogP contribution in [-0.2, 0) is 14.1 Å². The molecule has 0 aliphatic heterocycles. The van der Waals surface area contributed by atoms with Crippen molar-refractivity contribution in [1.82, 2.24) is 4.57 Å². The van der Waals surface area contributed by atoms with Crippen LogP contribution in [0.5, 0.6) is 0 Å². The van der Waals surface area contributed by atoms with Crippen LogP contribution in [0, 0.1) is 6.92 Å². The number of rotatable bonds is 2. The molecule has 1 aromatic carbocycles. The third kappa shape index (κ3) is 1.76. The summed E-state index contributed by atoms with van der Waals surface area (Å²) in [4.78, 5) is 12.2. The second-order valence-corrected chi connectivity index (χ2v) is 4.04. The minimum absolute atomic E-state index is 0.0509. The summed E-state index contributed by atoms with van der Waals surface area (Å²) >= 11 is 0. The van der Waals surface area contributed by atoms with Crippen LogP contribution in [0.1, 0.15) is 21.7 Å². The van der Waals surface area contributed by atoms with Crippen molar-refractivity contribution < 1.29 is 9.36 Å². The summed E-state index contributed by atoms with van der Waals surface area (Å²) in [5.74, 6) is 0.735. The number of carbonyl (C=O) groups excluding carboxylic acids is 1. The van der Waals surface area contributed by atoms with Gasteiger partial charge in [0.05, 0.1) is 14.1 Å². The van der Waals surface area contributed by atoms with Crippen molar-refractivity contribution in [2.45, 2.75) is 6.92 Å². The summed E-state index contributed by atoms with van der Waals surface area (Å²) in [6, 6.07) is 7.64. The summed E-state index contributed by atoms with van der Waals surface area (Å²) in [5, 5.41) is 0. The van der Waals surface area contributed by atoms with E-state index in [4.69, 9.17) is 0 Å². The predicted molar refractivity (Wildman–Crippen MR) is 61.2 cm³/mol. The number of nitrogens with zero attached hydrogens (tertiary/aromatic N) is 2. The van der Waals surface area contributed by atoms with Crippen LogP contribution in [-0.4, -0.2) is 10.4 Å². The number of imidazole rings is 1. The van der Waals surface area contributed by atoms with E-state index in [-0.39, 0.29) is 5.78 Å².